The standard InChI is InChI=1S/C16H26.CH4S/c1-11(2)13-8-9-15(16(5,6)7)14(10-13)12(3)4;1-2/h8-12H,1-7H3;2H,1H3. The molecule has 0 heterocycles. The molecule has 0 spiro atoms. The van der Waals surface area contributed by atoms with E-state index in [1.165, 1.54) is 16.7 Å². The van der Waals surface area contributed by atoms with E-state index in [0.29, 0.717) is 11.8 Å². The third kappa shape index (κ3) is 4.68. The molecule has 1 heteroatoms. The number of hydrogen-bond acceptors (Lipinski definition) is 1. The molecule has 1 aromatic carbocycles. The van der Waals surface area contributed by atoms with Crippen molar-refractivity contribution in [3.05, 3.63) is 34.9 Å². The largest absolute Gasteiger partial charge is 0.183 e. The van der Waals surface area contributed by atoms with Gasteiger partial charge in [-0.25, -0.2) is 0 Å². The fourth-order valence-electron chi connectivity index (χ4n) is 2.10. The Bertz CT molecular complexity index is 356. The van der Waals surface area contributed by atoms with Gasteiger partial charge in [0.05, 0.1) is 0 Å². The van der Waals surface area contributed by atoms with Crippen LogP contribution in [-0.2, 0) is 5.41 Å². The summed E-state index contributed by atoms with van der Waals surface area (Å²) in [4.78, 5) is 0. The van der Waals surface area contributed by atoms with Gasteiger partial charge in [0, 0.05) is 0 Å². The number of hydrogen-bond donors (Lipinski definition) is 1. The molecule has 0 N–H and O–H groups in total. The van der Waals surface area contributed by atoms with E-state index in [9.17, 15) is 0 Å². The van der Waals surface area contributed by atoms with Crippen LogP contribution in [-0.4, -0.2) is 6.26 Å². The van der Waals surface area contributed by atoms with Gasteiger partial charge in [-0.05, 0) is 40.2 Å². The van der Waals surface area contributed by atoms with E-state index in [4.69, 9.17) is 0 Å². The molecule has 0 amide bonds. The number of benzene rings is 1. The summed E-state index contributed by atoms with van der Waals surface area (Å²) in [5.41, 5.74) is 4.71. The predicted octanol–water partition coefficient (Wildman–Crippen LogP) is 5.78. The van der Waals surface area contributed by atoms with E-state index in [2.05, 4.69) is 79.3 Å². The van der Waals surface area contributed by atoms with E-state index in [-0.39, 0.29) is 5.41 Å². The van der Waals surface area contributed by atoms with Crippen LogP contribution < -0.4 is 0 Å². The fraction of sp³-hybridized carbons (Fsp3) is 0.647. The molecule has 0 aliphatic rings. The molecule has 0 saturated heterocycles. The topological polar surface area (TPSA) is 0 Å². The minimum atomic E-state index is 0.245. The lowest BCUT2D eigenvalue weighted by molar-refractivity contribution is 0.576. The Morgan fingerprint density at radius 1 is 0.889 bits per heavy atom. The molecule has 0 nitrogen and oxygen atoms in total. The first-order valence-electron chi connectivity index (χ1n) is 6.82. The SMILES string of the molecule is CC(C)c1ccc(C(C)(C)C)c(C(C)C)c1.CS. The molecule has 0 radical (unpaired) electrons. The van der Waals surface area contributed by atoms with Crippen molar-refractivity contribution in [2.75, 3.05) is 6.26 Å². The van der Waals surface area contributed by atoms with Gasteiger partial charge < -0.3 is 0 Å². The highest BCUT2D eigenvalue weighted by Gasteiger charge is 2.19. The van der Waals surface area contributed by atoms with Crippen molar-refractivity contribution in [2.24, 2.45) is 0 Å². The third-order valence-electron chi connectivity index (χ3n) is 3.17. The zero-order valence-corrected chi connectivity index (χ0v) is 14.2. The zero-order chi connectivity index (χ0) is 14.5. The summed E-state index contributed by atoms with van der Waals surface area (Å²) in [5.74, 6) is 1.22. The molecule has 0 unspecified atom stereocenters. The summed E-state index contributed by atoms with van der Waals surface area (Å²) in [7, 11) is 0. The Morgan fingerprint density at radius 2 is 1.39 bits per heavy atom. The van der Waals surface area contributed by atoms with E-state index in [0.717, 1.165) is 0 Å². The maximum Gasteiger partial charge on any atom is -0.0129 e. The average molecular weight is 266 g/mol. The first-order chi connectivity index (χ1) is 8.23. The summed E-state index contributed by atoms with van der Waals surface area (Å²) in [6.45, 7) is 16.0. The Morgan fingerprint density at radius 3 is 1.72 bits per heavy atom. The van der Waals surface area contributed by atoms with E-state index < -0.39 is 0 Å². The summed E-state index contributed by atoms with van der Waals surface area (Å²) in [6.07, 6.45) is 1.69. The second-order valence-corrected chi connectivity index (χ2v) is 6.41. The Kier molecular flexibility index (Phi) is 7.06. The Balaban J connectivity index is 0.00000137. The third-order valence-corrected chi connectivity index (χ3v) is 3.17. The van der Waals surface area contributed by atoms with Gasteiger partial charge in [-0.3, -0.25) is 0 Å². The minimum Gasteiger partial charge on any atom is -0.183 e. The molecule has 0 saturated carbocycles. The van der Waals surface area contributed by atoms with Crippen molar-refractivity contribution in [3.63, 3.8) is 0 Å². The van der Waals surface area contributed by atoms with Crippen LogP contribution in [0.4, 0.5) is 0 Å². The highest BCUT2D eigenvalue weighted by molar-refractivity contribution is 7.79. The molecule has 0 atom stereocenters. The average Bonchev–Trinajstić information content (AvgIpc) is 2.29. The van der Waals surface area contributed by atoms with Crippen molar-refractivity contribution in [3.8, 4) is 0 Å². The van der Waals surface area contributed by atoms with Gasteiger partial charge in [-0.2, -0.15) is 12.6 Å². The van der Waals surface area contributed by atoms with E-state index in [1.807, 2.05) is 0 Å². The second kappa shape index (κ2) is 7.23. The molecule has 1 aromatic rings. The number of thiol groups is 1. The predicted molar refractivity (Wildman–Crippen MR) is 88.2 cm³/mol. The van der Waals surface area contributed by atoms with Crippen LogP contribution in [0.25, 0.3) is 0 Å². The van der Waals surface area contributed by atoms with Crippen LogP contribution in [0.1, 0.15) is 77.0 Å². The second-order valence-electron chi connectivity index (χ2n) is 6.41. The van der Waals surface area contributed by atoms with Crippen LogP contribution in [0.3, 0.4) is 0 Å². The Labute approximate surface area is 120 Å². The molecule has 0 aliphatic carbocycles. The Hall–Kier alpha value is -0.430. The van der Waals surface area contributed by atoms with Crippen LogP contribution in [0.15, 0.2) is 18.2 Å². The van der Waals surface area contributed by atoms with Gasteiger partial charge in [-0.15, -0.1) is 0 Å². The van der Waals surface area contributed by atoms with Crippen LogP contribution in [0.2, 0.25) is 0 Å². The smallest absolute Gasteiger partial charge is 0.0129 e. The number of rotatable bonds is 2. The molecular weight excluding hydrogens is 236 g/mol. The summed E-state index contributed by atoms with van der Waals surface area (Å²) in [5, 5.41) is 0. The lowest BCUT2D eigenvalue weighted by atomic mass is 9.79. The van der Waals surface area contributed by atoms with Crippen molar-refractivity contribution in [1.29, 1.82) is 0 Å². The molecular formula is C17H30S. The van der Waals surface area contributed by atoms with Crippen LogP contribution in [0.5, 0.6) is 0 Å². The first kappa shape index (κ1) is 17.6. The normalized spacial score (nSPS) is 11.5. The lowest BCUT2D eigenvalue weighted by Gasteiger charge is -2.26. The van der Waals surface area contributed by atoms with E-state index in [1.54, 1.807) is 6.26 Å². The van der Waals surface area contributed by atoms with Crippen LogP contribution >= 0.6 is 12.6 Å². The monoisotopic (exact) mass is 266 g/mol. The zero-order valence-electron chi connectivity index (χ0n) is 13.3. The maximum atomic E-state index is 3.53. The maximum absolute atomic E-state index is 3.53. The molecule has 0 aliphatic heterocycles. The minimum absolute atomic E-state index is 0.245. The fourth-order valence-corrected chi connectivity index (χ4v) is 2.10. The summed E-state index contributed by atoms with van der Waals surface area (Å²) in [6, 6.07) is 7.01. The van der Waals surface area contributed by atoms with Crippen molar-refractivity contribution < 1.29 is 0 Å². The molecule has 0 fully saturated rings. The van der Waals surface area contributed by atoms with Gasteiger partial charge >= 0.3 is 0 Å². The molecule has 18 heavy (non-hydrogen) atoms. The van der Waals surface area contributed by atoms with Crippen LogP contribution in [0, 0.1) is 0 Å². The van der Waals surface area contributed by atoms with Gasteiger partial charge in [0.2, 0.25) is 0 Å². The highest BCUT2D eigenvalue weighted by Crippen LogP contribution is 2.32. The quantitative estimate of drug-likeness (QED) is 0.645. The molecule has 0 aromatic heterocycles. The first-order valence-corrected chi connectivity index (χ1v) is 7.72. The summed E-state index contributed by atoms with van der Waals surface area (Å²) < 4.78 is 0. The van der Waals surface area contributed by atoms with Gasteiger partial charge in [0.15, 0.2) is 0 Å². The van der Waals surface area contributed by atoms with E-state index >= 15 is 0 Å². The van der Waals surface area contributed by atoms with Crippen molar-refractivity contribution >= 4 is 12.6 Å². The summed E-state index contributed by atoms with van der Waals surface area (Å²) >= 11 is 3.53. The lowest BCUT2D eigenvalue weighted by Crippen LogP contribution is -2.15. The molecule has 1 rings (SSSR count). The highest BCUT2D eigenvalue weighted by atomic mass is 32.1. The van der Waals surface area contributed by atoms with Gasteiger partial charge in [-0.1, -0.05) is 66.7 Å². The van der Waals surface area contributed by atoms with Gasteiger partial charge in [0.25, 0.3) is 0 Å². The van der Waals surface area contributed by atoms with Gasteiger partial charge in [0.1, 0.15) is 0 Å². The van der Waals surface area contributed by atoms with Crippen molar-refractivity contribution in [1.82, 2.24) is 0 Å². The van der Waals surface area contributed by atoms with Crippen molar-refractivity contribution in [2.45, 2.75) is 65.7 Å². The molecule has 0 bridgehead atoms. The molecule has 104 valence electrons.